The van der Waals surface area contributed by atoms with E-state index in [0.717, 1.165) is 28.2 Å². The van der Waals surface area contributed by atoms with Crippen molar-refractivity contribution in [3.63, 3.8) is 0 Å². The fraction of sp³-hybridized carbons (Fsp3) is 0.238. The van der Waals surface area contributed by atoms with Crippen LogP contribution in [0.2, 0.25) is 0 Å². The number of ether oxygens (including phenoxy) is 3. The number of nitriles is 1. The van der Waals surface area contributed by atoms with Crippen molar-refractivity contribution in [3.05, 3.63) is 65.2 Å². The molecule has 0 radical (unpaired) electrons. The molecule has 2 aromatic carbocycles. The molecule has 0 heterocycles. The maximum atomic E-state index is 11.5. The SMILES string of the molecule is COC(=O)CCC(C#N)=C(c1ccc(OC)cc1)c1ccc(OC)cc1. The molecule has 2 rings (SSSR count). The molecule has 0 N–H and O–H groups in total. The predicted octanol–water partition coefficient (Wildman–Crippen LogP) is 3.98. The van der Waals surface area contributed by atoms with Crippen LogP contribution in [-0.2, 0) is 9.53 Å². The number of allylic oxidation sites excluding steroid dienone is 1. The molecule has 0 saturated heterocycles. The van der Waals surface area contributed by atoms with Crippen molar-refractivity contribution < 1.29 is 19.0 Å². The Morgan fingerprint density at radius 2 is 1.31 bits per heavy atom. The highest BCUT2D eigenvalue weighted by atomic mass is 16.5. The minimum Gasteiger partial charge on any atom is -0.497 e. The van der Waals surface area contributed by atoms with Gasteiger partial charge in [0.25, 0.3) is 0 Å². The lowest BCUT2D eigenvalue weighted by Crippen LogP contribution is -2.02. The highest BCUT2D eigenvalue weighted by Crippen LogP contribution is 2.31. The maximum absolute atomic E-state index is 11.5. The molecule has 0 unspecified atom stereocenters. The fourth-order valence-electron chi connectivity index (χ4n) is 2.60. The van der Waals surface area contributed by atoms with Crippen LogP contribution >= 0.6 is 0 Å². The van der Waals surface area contributed by atoms with Gasteiger partial charge in [0.15, 0.2) is 0 Å². The zero-order valence-electron chi connectivity index (χ0n) is 15.1. The van der Waals surface area contributed by atoms with Crippen LogP contribution in [0.5, 0.6) is 11.5 Å². The molecule has 0 bridgehead atoms. The molecule has 5 nitrogen and oxygen atoms in total. The summed E-state index contributed by atoms with van der Waals surface area (Å²) in [4.78, 5) is 11.5. The fourth-order valence-corrected chi connectivity index (χ4v) is 2.60. The van der Waals surface area contributed by atoms with Gasteiger partial charge in [0, 0.05) is 11.1 Å². The lowest BCUT2D eigenvalue weighted by atomic mass is 9.91. The second kappa shape index (κ2) is 9.28. The van der Waals surface area contributed by atoms with Crippen LogP contribution in [0.1, 0.15) is 24.0 Å². The van der Waals surface area contributed by atoms with Crippen molar-refractivity contribution >= 4 is 11.5 Å². The summed E-state index contributed by atoms with van der Waals surface area (Å²) in [6, 6.07) is 17.2. The summed E-state index contributed by atoms with van der Waals surface area (Å²) in [5.74, 6) is 1.12. The molecular weight excluding hydrogens is 330 g/mol. The summed E-state index contributed by atoms with van der Waals surface area (Å²) >= 11 is 0. The first-order valence-corrected chi connectivity index (χ1v) is 8.11. The van der Waals surface area contributed by atoms with Gasteiger partial charge in [-0.05, 0) is 41.8 Å². The summed E-state index contributed by atoms with van der Waals surface area (Å²) in [6.45, 7) is 0. The van der Waals surface area contributed by atoms with Gasteiger partial charge in [0.2, 0.25) is 0 Å². The number of carbonyl (C=O) groups is 1. The van der Waals surface area contributed by atoms with Crippen LogP contribution in [-0.4, -0.2) is 27.3 Å². The van der Waals surface area contributed by atoms with Gasteiger partial charge < -0.3 is 14.2 Å². The number of benzene rings is 2. The zero-order valence-corrected chi connectivity index (χ0v) is 15.1. The maximum Gasteiger partial charge on any atom is 0.305 e. The molecule has 0 aliphatic carbocycles. The van der Waals surface area contributed by atoms with Gasteiger partial charge in [-0.3, -0.25) is 4.79 Å². The van der Waals surface area contributed by atoms with Gasteiger partial charge in [-0.2, -0.15) is 5.26 Å². The minimum atomic E-state index is -0.346. The Balaban J connectivity index is 2.52. The van der Waals surface area contributed by atoms with Crippen molar-refractivity contribution in [2.24, 2.45) is 0 Å². The summed E-state index contributed by atoms with van der Waals surface area (Å²) < 4.78 is 15.1. The van der Waals surface area contributed by atoms with Crippen LogP contribution < -0.4 is 9.47 Å². The van der Waals surface area contributed by atoms with Gasteiger partial charge in [0.05, 0.1) is 33.8 Å². The Labute approximate surface area is 153 Å². The monoisotopic (exact) mass is 351 g/mol. The van der Waals surface area contributed by atoms with Crippen LogP contribution in [0, 0.1) is 11.3 Å². The van der Waals surface area contributed by atoms with E-state index in [4.69, 9.17) is 14.2 Å². The largest absolute Gasteiger partial charge is 0.497 e. The molecule has 26 heavy (non-hydrogen) atoms. The Kier molecular flexibility index (Phi) is 6.81. The van der Waals surface area contributed by atoms with E-state index in [1.165, 1.54) is 7.11 Å². The normalized spacial score (nSPS) is 9.77. The van der Waals surface area contributed by atoms with E-state index in [0.29, 0.717) is 12.0 Å². The smallest absolute Gasteiger partial charge is 0.305 e. The zero-order chi connectivity index (χ0) is 18.9. The van der Waals surface area contributed by atoms with Gasteiger partial charge in [-0.1, -0.05) is 24.3 Å². The van der Waals surface area contributed by atoms with Crippen molar-refractivity contribution in [1.82, 2.24) is 0 Å². The summed E-state index contributed by atoms with van der Waals surface area (Å²) in [7, 11) is 4.55. The van der Waals surface area contributed by atoms with Crippen molar-refractivity contribution in [3.8, 4) is 17.6 Å². The van der Waals surface area contributed by atoms with Gasteiger partial charge in [-0.15, -0.1) is 0 Å². The Bertz CT molecular complexity index is 765. The van der Waals surface area contributed by atoms with E-state index in [1.807, 2.05) is 48.5 Å². The molecule has 0 saturated carbocycles. The first-order chi connectivity index (χ1) is 12.6. The van der Waals surface area contributed by atoms with E-state index in [-0.39, 0.29) is 12.4 Å². The third-order valence-electron chi connectivity index (χ3n) is 4.00. The molecule has 2 aromatic rings. The Morgan fingerprint density at radius 1 is 0.846 bits per heavy atom. The average molecular weight is 351 g/mol. The number of hydrogen-bond donors (Lipinski definition) is 0. The van der Waals surface area contributed by atoms with Gasteiger partial charge in [0.1, 0.15) is 11.5 Å². The standard InChI is InChI=1S/C21H21NO4/c1-24-18-9-4-15(5-10-18)21(16-6-11-19(25-2)12-7-16)17(14-22)8-13-20(23)26-3/h4-7,9-12H,8,13H2,1-3H3. The number of nitrogens with zero attached hydrogens (tertiary/aromatic N) is 1. The molecule has 0 fully saturated rings. The molecule has 0 aromatic heterocycles. The van der Waals surface area contributed by atoms with E-state index in [9.17, 15) is 10.1 Å². The van der Waals surface area contributed by atoms with Crippen molar-refractivity contribution in [2.45, 2.75) is 12.8 Å². The molecule has 134 valence electrons. The average Bonchev–Trinajstić information content (AvgIpc) is 2.71. The molecule has 0 aliphatic rings. The molecule has 0 atom stereocenters. The highest BCUT2D eigenvalue weighted by Gasteiger charge is 2.14. The molecular formula is C21H21NO4. The van der Waals surface area contributed by atoms with Crippen molar-refractivity contribution in [2.75, 3.05) is 21.3 Å². The topological polar surface area (TPSA) is 68.6 Å². The highest BCUT2D eigenvalue weighted by molar-refractivity contribution is 5.85. The number of methoxy groups -OCH3 is 3. The third kappa shape index (κ3) is 4.64. The number of esters is 1. The Morgan fingerprint density at radius 3 is 1.65 bits per heavy atom. The number of hydrogen-bond acceptors (Lipinski definition) is 5. The van der Waals surface area contributed by atoms with Crippen molar-refractivity contribution in [1.29, 1.82) is 5.26 Å². The van der Waals surface area contributed by atoms with E-state index in [1.54, 1.807) is 14.2 Å². The van der Waals surface area contributed by atoms with E-state index in [2.05, 4.69) is 6.07 Å². The van der Waals surface area contributed by atoms with Crippen LogP contribution in [0.4, 0.5) is 0 Å². The number of rotatable bonds is 7. The summed E-state index contributed by atoms with van der Waals surface area (Å²) in [5, 5.41) is 9.70. The second-order valence-corrected chi connectivity index (χ2v) is 5.50. The molecule has 5 heteroatoms. The lowest BCUT2D eigenvalue weighted by molar-refractivity contribution is -0.140. The van der Waals surface area contributed by atoms with Gasteiger partial charge in [-0.25, -0.2) is 0 Å². The quantitative estimate of drug-likeness (QED) is 0.557. The van der Waals surface area contributed by atoms with E-state index >= 15 is 0 Å². The molecule has 0 spiro atoms. The first kappa shape index (κ1) is 19.1. The second-order valence-electron chi connectivity index (χ2n) is 5.50. The van der Waals surface area contributed by atoms with E-state index < -0.39 is 0 Å². The third-order valence-corrected chi connectivity index (χ3v) is 4.00. The van der Waals surface area contributed by atoms with Crippen LogP contribution in [0.25, 0.3) is 5.57 Å². The van der Waals surface area contributed by atoms with Crippen LogP contribution in [0.15, 0.2) is 54.1 Å². The first-order valence-electron chi connectivity index (χ1n) is 8.11. The summed E-state index contributed by atoms with van der Waals surface area (Å²) in [6.07, 6.45) is 0.450. The van der Waals surface area contributed by atoms with Crippen LogP contribution in [0.3, 0.4) is 0 Å². The molecule has 0 amide bonds. The summed E-state index contributed by atoms with van der Waals surface area (Å²) in [5.41, 5.74) is 3.04. The molecule has 0 aliphatic heterocycles. The minimum absolute atomic E-state index is 0.148. The predicted molar refractivity (Wildman–Crippen MR) is 98.9 cm³/mol. The Hall–Kier alpha value is -3.26. The number of carbonyl (C=O) groups excluding carboxylic acids is 1. The van der Waals surface area contributed by atoms with Gasteiger partial charge >= 0.3 is 5.97 Å². The lowest BCUT2D eigenvalue weighted by Gasteiger charge is -2.13.